The number of hydrogen-bond donors (Lipinski definition) is 2. The summed E-state index contributed by atoms with van der Waals surface area (Å²) in [4.78, 5) is 2.52. The van der Waals surface area contributed by atoms with Crippen LogP contribution >= 0.6 is 0 Å². The zero-order chi connectivity index (χ0) is 15.1. The van der Waals surface area contributed by atoms with Crippen molar-refractivity contribution in [3.8, 4) is 0 Å². The van der Waals surface area contributed by atoms with Gasteiger partial charge in [-0.3, -0.25) is 4.90 Å². The molecule has 1 saturated heterocycles. The number of nitrogens with zero attached hydrogens (tertiary/aromatic N) is 1. The zero-order valence-corrected chi connectivity index (χ0v) is 13.9. The Morgan fingerprint density at radius 2 is 2.10 bits per heavy atom. The molecule has 1 unspecified atom stereocenters. The zero-order valence-electron chi connectivity index (χ0n) is 13.9. The SMILES string of the molecule is CCCNCC1(CN2CCOC(CO)C2)CCC(C)CC1. The summed E-state index contributed by atoms with van der Waals surface area (Å²) in [6.45, 7) is 10.9. The molecule has 1 aliphatic carbocycles. The van der Waals surface area contributed by atoms with Crippen LogP contribution in [0.5, 0.6) is 0 Å². The minimum Gasteiger partial charge on any atom is -0.394 e. The maximum absolute atomic E-state index is 9.32. The number of nitrogens with one attached hydrogen (secondary N) is 1. The first-order valence-electron chi connectivity index (χ1n) is 8.83. The third kappa shape index (κ3) is 5.20. The Balaban J connectivity index is 1.91. The topological polar surface area (TPSA) is 44.7 Å². The van der Waals surface area contributed by atoms with Crippen molar-refractivity contribution in [2.75, 3.05) is 45.9 Å². The smallest absolute Gasteiger partial charge is 0.0932 e. The molecule has 2 N–H and O–H groups in total. The van der Waals surface area contributed by atoms with Crippen molar-refractivity contribution in [3.05, 3.63) is 0 Å². The Morgan fingerprint density at radius 1 is 1.33 bits per heavy atom. The average molecular weight is 298 g/mol. The molecule has 1 saturated carbocycles. The summed E-state index contributed by atoms with van der Waals surface area (Å²) in [5.74, 6) is 0.888. The van der Waals surface area contributed by atoms with Crippen LogP contribution in [0.25, 0.3) is 0 Å². The molecule has 4 nitrogen and oxygen atoms in total. The van der Waals surface area contributed by atoms with Gasteiger partial charge in [-0.1, -0.05) is 26.7 Å². The van der Waals surface area contributed by atoms with E-state index in [1.54, 1.807) is 0 Å². The van der Waals surface area contributed by atoms with E-state index in [2.05, 4.69) is 24.1 Å². The Kier molecular flexibility index (Phi) is 6.93. The monoisotopic (exact) mass is 298 g/mol. The molecule has 1 aliphatic heterocycles. The summed E-state index contributed by atoms with van der Waals surface area (Å²) >= 11 is 0. The van der Waals surface area contributed by atoms with Crippen molar-refractivity contribution in [2.45, 2.75) is 52.1 Å². The van der Waals surface area contributed by atoms with E-state index in [1.807, 2.05) is 0 Å². The average Bonchev–Trinajstić information content (AvgIpc) is 2.51. The van der Waals surface area contributed by atoms with Crippen LogP contribution in [0.15, 0.2) is 0 Å². The fraction of sp³-hybridized carbons (Fsp3) is 1.00. The molecule has 0 radical (unpaired) electrons. The molecule has 2 fully saturated rings. The Labute approximate surface area is 130 Å². The molecule has 1 atom stereocenters. The van der Waals surface area contributed by atoms with E-state index >= 15 is 0 Å². The van der Waals surface area contributed by atoms with Gasteiger partial charge in [-0.25, -0.2) is 0 Å². The number of rotatable bonds is 7. The molecular formula is C17H34N2O2. The second kappa shape index (κ2) is 8.47. The largest absolute Gasteiger partial charge is 0.394 e. The molecule has 0 amide bonds. The van der Waals surface area contributed by atoms with Crippen LogP contribution < -0.4 is 5.32 Å². The first kappa shape index (κ1) is 17.2. The van der Waals surface area contributed by atoms with Gasteiger partial charge in [-0.2, -0.15) is 0 Å². The lowest BCUT2D eigenvalue weighted by atomic mass is 9.70. The van der Waals surface area contributed by atoms with E-state index in [4.69, 9.17) is 4.74 Å². The summed E-state index contributed by atoms with van der Waals surface area (Å²) in [5, 5.41) is 13.0. The van der Waals surface area contributed by atoms with E-state index in [1.165, 1.54) is 32.1 Å². The van der Waals surface area contributed by atoms with E-state index < -0.39 is 0 Å². The molecule has 0 spiro atoms. The highest BCUT2D eigenvalue weighted by atomic mass is 16.5. The number of morpholine rings is 1. The van der Waals surface area contributed by atoms with E-state index in [0.29, 0.717) is 5.41 Å². The van der Waals surface area contributed by atoms with Gasteiger partial charge in [-0.05, 0) is 37.1 Å². The van der Waals surface area contributed by atoms with Crippen LogP contribution in [0.1, 0.15) is 46.0 Å². The lowest BCUT2D eigenvalue weighted by Crippen LogP contribution is -2.51. The van der Waals surface area contributed by atoms with Crippen molar-refractivity contribution >= 4 is 0 Å². The van der Waals surface area contributed by atoms with Crippen molar-refractivity contribution in [1.29, 1.82) is 0 Å². The van der Waals surface area contributed by atoms with Crippen molar-refractivity contribution < 1.29 is 9.84 Å². The van der Waals surface area contributed by atoms with Gasteiger partial charge >= 0.3 is 0 Å². The minimum atomic E-state index is 0.0157. The maximum Gasteiger partial charge on any atom is 0.0932 e. The lowest BCUT2D eigenvalue weighted by molar-refractivity contribution is -0.0664. The van der Waals surface area contributed by atoms with Gasteiger partial charge in [0, 0.05) is 26.2 Å². The highest BCUT2D eigenvalue weighted by Crippen LogP contribution is 2.39. The van der Waals surface area contributed by atoms with Crippen LogP contribution in [-0.2, 0) is 4.74 Å². The summed E-state index contributed by atoms with van der Waals surface area (Å²) < 4.78 is 5.59. The summed E-state index contributed by atoms with van der Waals surface area (Å²) in [6.07, 6.45) is 6.62. The van der Waals surface area contributed by atoms with Gasteiger partial charge in [0.25, 0.3) is 0 Å². The molecule has 0 aromatic carbocycles. The van der Waals surface area contributed by atoms with E-state index in [-0.39, 0.29) is 12.7 Å². The summed E-state index contributed by atoms with van der Waals surface area (Å²) in [6, 6.07) is 0. The normalized spacial score (nSPS) is 35.0. The van der Waals surface area contributed by atoms with Gasteiger partial charge in [0.2, 0.25) is 0 Å². The first-order chi connectivity index (χ1) is 10.2. The first-order valence-corrected chi connectivity index (χ1v) is 8.83. The van der Waals surface area contributed by atoms with Crippen molar-refractivity contribution in [1.82, 2.24) is 10.2 Å². The van der Waals surface area contributed by atoms with E-state index in [0.717, 1.165) is 45.2 Å². The van der Waals surface area contributed by atoms with Gasteiger partial charge in [0.15, 0.2) is 0 Å². The Morgan fingerprint density at radius 3 is 2.76 bits per heavy atom. The Bertz CT molecular complexity index is 291. The van der Waals surface area contributed by atoms with E-state index in [9.17, 15) is 5.11 Å². The fourth-order valence-electron chi connectivity index (χ4n) is 3.80. The second-order valence-corrected chi connectivity index (χ2v) is 7.27. The predicted molar refractivity (Wildman–Crippen MR) is 86.5 cm³/mol. The van der Waals surface area contributed by atoms with Crippen LogP contribution in [0, 0.1) is 11.3 Å². The second-order valence-electron chi connectivity index (χ2n) is 7.27. The lowest BCUT2D eigenvalue weighted by Gasteiger charge is -2.45. The standard InChI is InChI=1S/C17H34N2O2/c1-3-8-18-13-17(6-4-15(2)5-7-17)14-19-9-10-21-16(11-19)12-20/h15-16,18,20H,3-14H2,1-2H3. The molecule has 1 heterocycles. The molecule has 0 bridgehead atoms. The van der Waals surface area contributed by atoms with Crippen LogP contribution in [-0.4, -0.2) is 62.0 Å². The minimum absolute atomic E-state index is 0.0157. The van der Waals surface area contributed by atoms with Crippen LogP contribution in [0.2, 0.25) is 0 Å². The van der Waals surface area contributed by atoms with Gasteiger partial charge in [0.05, 0.1) is 19.3 Å². The molecule has 2 rings (SSSR count). The molecule has 2 aliphatic rings. The van der Waals surface area contributed by atoms with Gasteiger partial charge in [0.1, 0.15) is 0 Å². The maximum atomic E-state index is 9.32. The quantitative estimate of drug-likeness (QED) is 0.704. The number of aliphatic hydroxyl groups excluding tert-OH is 1. The van der Waals surface area contributed by atoms with Crippen LogP contribution in [0.4, 0.5) is 0 Å². The van der Waals surface area contributed by atoms with Gasteiger partial charge < -0.3 is 15.2 Å². The molecule has 4 heteroatoms. The number of ether oxygens (including phenoxy) is 1. The number of hydrogen-bond acceptors (Lipinski definition) is 4. The van der Waals surface area contributed by atoms with Crippen molar-refractivity contribution in [2.24, 2.45) is 11.3 Å². The Hall–Kier alpha value is -0.160. The molecule has 21 heavy (non-hydrogen) atoms. The van der Waals surface area contributed by atoms with Gasteiger partial charge in [-0.15, -0.1) is 0 Å². The summed E-state index contributed by atoms with van der Waals surface area (Å²) in [5.41, 5.74) is 0.430. The highest BCUT2D eigenvalue weighted by molar-refractivity contribution is 4.90. The molecule has 0 aromatic heterocycles. The number of aliphatic hydroxyl groups is 1. The third-order valence-corrected chi connectivity index (χ3v) is 5.25. The summed E-state index contributed by atoms with van der Waals surface area (Å²) in [7, 11) is 0. The third-order valence-electron chi connectivity index (χ3n) is 5.25. The van der Waals surface area contributed by atoms with Crippen molar-refractivity contribution in [3.63, 3.8) is 0 Å². The molecule has 0 aromatic rings. The fourth-order valence-corrected chi connectivity index (χ4v) is 3.80. The van der Waals surface area contributed by atoms with Crippen LogP contribution in [0.3, 0.4) is 0 Å². The predicted octanol–water partition coefficient (Wildman–Crippen LogP) is 1.88. The molecule has 124 valence electrons. The molecular weight excluding hydrogens is 264 g/mol. The highest BCUT2D eigenvalue weighted by Gasteiger charge is 2.36.